The van der Waals surface area contributed by atoms with E-state index in [1.54, 1.807) is 28.4 Å². The van der Waals surface area contributed by atoms with Crippen molar-refractivity contribution in [1.29, 1.82) is 0 Å². The minimum absolute atomic E-state index is 0.139. The van der Waals surface area contributed by atoms with E-state index in [-0.39, 0.29) is 5.97 Å². The molecule has 0 amide bonds. The lowest BCUT2D eigenvalue weighted by molar-refractivity contribution is -0.373. The summed E-state index contributed by atoms with van der Waals surface area (Å²) >= 11 is 0. The molecule has 0 saturated carbocycles. The third-order valence-electron chi connectivity index (χ3n) is 4.88. The predicted molar refractivity (Wildman–Crippen MR) is 91.9 cm³/mol. The van der Waals surface area contributed by atoms with Crippen LogP contribution in [-0.4, -0.2) is 59.4 Å². The van der Waals surface area contributed by atoms with E-state index < -0.39 is 17.9 Å². The molecule has 2 unspecified atom stereocenters. The number of hydrogen-bond acceptors (Lipinski definition) is 7. The molecule has 0 bridgehead atoms. The second kappa shape index (κ2) is 11.1. The van der Waals surface area contributed by atoms with Crippen molar-refractivity contribution in [3.63, 3.8) is 0 Å². The van der Waals surface area contributed by atoms with E-state index in [1.807, 2.05) is 0 Å². The summed E-state index contributed by atoms with van der Waals surface area (Å²) in [5, 5.41) is 0. The monoisotopic (exact) mass is 362 g/mol. The van der Waals surface area contributed by atoms with Crippen molar-refractivity contribution in [1.82, 2.24) is 0 Å². The second-order valence-corrected chi connectivity index (χ2v) is 6.38. The maximum Gasteiger partial charge on any atom is 0.305 e. The molecule has 0 spiro atoms. The van der Waals surface area contributed by atoms with E-state index in [0.717, 1.165) is 44.9 Å². The molecular formula is C18H34O7. The molecule has 0 aromatic heterocycles. The summed E-state index contributed by atoms with van der Waals surface area (Å²) in [6.45, 7) is 0. The van der Waals surface area contributed by atoms with Gasteiger partial charge in [-0.25, -0.2) is 0 Å². The number of unbranched alkanes of at least 4 members (excludes halogenated alkanes) is 4. The normalized spacial score (nSPS) is 26.3. The van der Waals surface area contributed by atoms with Gasteiger partial charge in [-0.15, -0.1) is 0 Å². The van der Waals surface area contributed by atoms with Crippen LogP contribution in [0, 0.1) is 0 Å². The van der Waals surface area contributed by atoms with Crippen LogP contribution in [0.2, 0.25) is 0 Å². The third kappa shape index (κ3) is 6.18. The largest absolute Gasteiger partial charge is 0.469 e. The maximum atomic E-state index is 11.1. The number of ether oxygens (including phenoxy) is 6. The molecule has 1 aliphatic rings. The smallest absolute Gasteiger partial charge is 0.305 e. The van der Waals surface area contributed by atoms with E-state index in [0.29, 0.717) is 12.8 Å². The van der Waals surface area contributed by atoms with Crippen molar-refractivity contribution in [2.75, 3.05) is 35.5 Å². The van der Waals surface area contributed by atoms with Gasteiger partial charge in [0, 0.05) is 54.1 Å². The third-order valence-corrected chi connectivity index (χ3v) is 4.88. The van der Waals surface area contributed by atoms with E-state index in [4.69, 9.17) is 23.7 Å². The first kappa shape index (κ1) is 22.3. The van der Waals surface area contributed by atoms with Crippen LogP contribution in [0.15, 0.2) is 0 Å². The Kier molecular flexibility index (Phi) is 9.89. The quantitative estimate of drug-likeness (QED) is 0.283. The van der Waals surface area contributed by atoms with Gasteiger partial charge in [0.25, 0.3) is 0 Å². The van der Waals surface area contributed by atoms with Crippen molar-refractivity contribution >= 4 is 5.97 Å². The zero-order valence-electron chi connectivity index (χ0n) is 16.3. The highest BCUT2D eigenvalue weighted by molar-refractivity contribution is 5.68. The molecule has 1 rings (SSSR count). The van der Waals surface area contributed by atoms with Crippen LogP contribution >= 0.6 is 0 Å². The van der Waals surface area contributed by atoms with Crippen LogP contribution < -0.4 is 0 Å². The Hall–Kier alpha value is -0.730. The molecule has 2 atom stereocenters. The fourth-order valence-electron chi connectivity index (χ4n) is 3.36. The standard InChI is InChI=1S/C18H34O7/c1-20-15(19)11-9-7-6-8-10-12-17(23-4)13-14-18(24-5,25-17)16(21-2)22-3/h16H,6-14H2,1-5H3. The lowest BCUT2D eigenvalue weighted by atomic mass is 10.0. The van der Waals surface area contributed by atoms with Crippen molar-refractivity contribution in [2.45, 2.75) is 75.7 Å². The summed E-state index contributed by atoms with van der Waals surface area (Å²) in [6, 6.07) is 0. The van der Waals surface area contributed by atoms with Crippen molar-refractivity contribution in [2.24, 2.45) is 0 Å². The molecule has 25 heavy (non-hydrogen) atoms. The first-order valence-corrected chi connectivity index (χ1v) is 8.94. The van der Waals surface area contributed by atoms with Gasteiger partial charge in [0.2, 0.25) is 12.1 Å². The van der Waals surface area contributed by atoms with Gasteiger partial charge in [0.1, 0.15) is 0 Å². The Labute approximate surface area is 151 Å². The van der Waals surface area contributed by atoms with Crippen LogP contribution in [0.1, 0.15) is 57.8 Å². The number of esters is 1. The van der Waals surface area contributed by atoms with Gasteiger partial charge in [-0.2, -0.15) is 0 Å². The lowest BCUT2D eigenvalue weighted by Crippen LogP contribution is -2.48. The molecule has 0 aromatic carbocycles. The molecule has 1 saturated heterocycles. The molecule has 0 aromatic rings. The number of hydrogen-bond donors (Lipinski definition) is 0. The van der Waals surface area contributed by atoms with Gasteiger partial charge in [0.15, 0.2) is 5.79 Å². The average Bonchev–Trinajstić information content (AvgIpc) is 3.02. The van der Waals surface area contributed by atoms with Gasteiger partial charge in [-0.3, -0.25) is 4.79 Å². The molecule has 0 N–H and O–H groups in total. The molecule has 148 valence electrons. The second-order valence-electron chi connectivity index (χ2n) is 6.38. The highest BCUT2D eigenvalue weighted by atomic mass is 16.8. The molecule has 1 fully saturated rings. The van der Waals surface area contributed by atoms with Crippen molar-refractivity contribution in [3.05, 3.63) is 0 Å². The van der Waals surface area contributed by atoms with Gasteiger partial charge in [-0.1, -0.05) is 19.3 Å². The Morgan fingerprint density at radius 3 is 2.12 bits per heavy atom. The SMILES string of the molecule is COC(=O)CCCCCCCC1(OC)CCC(OC)(C(OC)OC)O1. The van der Waals surface area contributed by atoms with E-state index in [1.165, 1.54) is 7.11 Å². The van der Waals surface area contributed by atoms with E-state index >= 15 is 0 Å². The number of carbonyl (C=O) groups is 1. The molecular weight excluding hydrogens is 328 g/mol. The van der Waals surface area contributed by atoms with E-state index in [9.17, 15) is 4.79 Å². The minimum Gasteiger partial charge on any atom is -0.469 e. The summed E-state index contributed by atoms with van der Waals surface area (Å²) in [5.74, 6) is -1.75. The highest BCUT2D eigenvalue weighted by Gasteiger charge is 2.55. The summed E-state index contributed by atoms with van der Waals surface area (Å²) in [7, 11) is 7.82. The molecule has 7 nitrogen and oxygen atoms in total. The summed E-state index contributed by atoms with van der Waals surface area (Å²) in [5.41, 5.74) is 0. The first-order chi connectivity index (χ1) is 12.0. The fourth-order valence-corrected chi connectivity index (χ4v) is 3.36. The average molecular weight is 362 g/mol. The summed E-state index contributed by atoms with van der Waals surface area (Å²) < 4.78 is 32.8. The highest BCUT2D eigenvalue weighted by Crippen LogP contribution is 2.44. The Morgan fingerprint density at radius 1 is 0.920 bits per heavy atom. The molecule has 1 heterocycles. The van der Waals surface area contributed by atoms with Crippen LogP contribution in [-0.2, 0) is 33.2 Å². The van der Waals surface area contributed by atoms with E-state index in [2.05, 4.69) is 4.74 Å². The predicted octanol–water partition coefficient (Wildman–Crippen LogP) is 3.00. The zero-order chi connectivity index (χ0) is 18.8. The molecule has 0 radical (unpaired) electrons. The Balaban J connectivity index is 2.39. The molecule has 1 aliphatic heterocycles. The number of rotatable bonds is 13. The van der Waals surface area contributed by atoms with Gasteiger partial charge >= 0.3 is 5.97 Å². The Bertz CT molecular complexity index is 386. The van der Waals surface area contributed by atoms with Crippen LogP contribution in [0.3, 0.4) is 0 Å². The molecule has 0 aliphatic carbocycles. The number of methoxy groups -OCH3 is 5. The maximum absolute atomic E-state index is 11.1. The first-order valence-electron chi connectivity index (χ1n) is 8.94. The van der Waals surface area contributed by atoms with Crippen molar-refractivity contribution in [3.8, 4) is 0 Å². The lowest BCUT2D eigenvalue weighted by Gasteiger charge is -2.36. The van der Waals surface area contributed by atoms with Gasteiger partial charge in [-0.05, 0) is 12.8 Å². The summed E-state index contributed by atoms with van der Waals surface area (Å²) in [4.78, 5) is 11.1. The van der Waals surface area contributed by atoms with Gasteiger partial charge < -0.3 is 28.4 Å². The van der Waals surface area contributed by atoms with Crippen molar-refractivity contribution < 1.29 is 33.2 Å². The molecule has 7 heteroatoms. The Morgan fingerprint density at radius 2 is 1.56 bits per heavy atom. The zero-order valence-corrected chi connectivity index (χ0v) is 16.3. The topological polar surface area (TPSA) is 72.5 Å². The van der Waals surface area contributed by atoms with Crippen LogP contribution in [0.5, 0.6) is 0 Å². The fraction of sp³-hybridized carbons (Fsp3) is 0.944. The van der Waals surface area contributed by atoms with Gasteiger partial charge in [0.05, 0.1) is 7.11 Å². The minimum atomic E-state index is -0.944. The number of carbonyl (C=O) groups excluding carboxylic acids is 1. The van der Waals surface area contributed by atoms with Crippen LogP contribution in [0.25, 0.3) is 0 Å². The van der Waals surface area contributed by atoms with Crippen LogP contribution in [0.4, 0.5) is 0 Å². The summed E-state index contributed by atoms with van der Waals surface area (Å²) in [6.07, 6.45) is 7.05.